The average molecular weight is 312 g/mol. The fourth-order valence-electron chi connectivity index (χ4n) is 0.431. The molecule has 1 aliphatic rings. The molecule has 0 saturated carbocycles. The SMILES string of the molecule is C=C1C=CC=CN1.[Br][Ni][Br]. The van der Waals surface area contributed by atoms with Gasteiger partial charge >= 0.3 is 39.3 Å². The summed E-state index contributed by atoms with van der Waals surface area (Å²) in [5, 5.41) is 2.92. The van der Waals surface area contributed by atoms with Crippen molar-refractivity contribution in [3.8, 4) is 0 Å². The molecule has 0 atom stereocenters. The molecule has 0 fully saturated rings. The van der Waals surface area contributed by atoms with E-state index in [0.717, 1.165) is 5.70 Å². The van der Waals surface area contributed by atoms with Crippen molar-refractivity contribution in [3.63, 3.8) is 0 Å². The van der Waals surface area contributed by atoms with Gasteiger partial charge in [-0.3, -0.25) is 0 Å². The molecule has 1 heterocycles. The van der Waals surface area contributed by atoms with Crippen LogP contribution in [0.1, 0.15) is 0 Å². The van der Waals surface area contributed by atoms with Gasteiger partial charge in [0.2, 0.25) is 0 Å². The Morgan fingerprint density at radius 1 is 1.40 bits per heavy atom. The Kier molecular flexibility index (Phi) is 7.94. The van der Waals surface area contributed by atoms with Crippen LogP contribution < -0.4 is 5.32 Å². The minimum atomic E-state index is 0.947. The molecule has 1 N–H and O–H groups in total. The molecule has 0 aromatic carbocycles. The summed E-state index contributed by atoms with van der Waals surface area (Å²) in [5.41, 5.74) is 0.947. The van der Waals surface area contributed by atoms with Crippen LogP contribution in [0.25, 0.3) is 0 Å². The zero-order chi connectivity index (χ0) is 7.82. The van der Waals surface area contributed by atoms with E-state index in [1.807, 2.05) is 24.4 Å². The topological polar surface area (TPSA) is 12.0 Å². The zero-order valence-electron chi connectivity index (χ0n) is 5.09. The van der Waals surface area contributed by atoms with Crippen molar-refractivity contribution in [2.75, 3.05) is 0 Å². The predicted molar refractivity (Wildman–Crippen MR) is 48.4 cm³/mol. The van der Waals surface area contributed by atoms with Gasteiger partial charge < -0.3 is 5.32 Å². The summed E-state index contributed by atoms with van der Waals surface area (Å²) in [5.74, 6) is 0. The molecule has 0 aromatic heterocycles. The molecule has 0 unspecified atom stereocenters. The van der Waals surface area contributed by atoms with Crippen molar-refractivity contribution in [1.29, 1.82) is 0 Å². The molecule has 0 saturated heterocycles. The molecule has 0 aromatic rings. The molecule has 0 bridgehead atoms. The van der Waals surface area contributed by atoms with E-state index in [1.54, 1.807) is 0 Å². The first kappa shape index (κ1) is 10.5. The first-order chi connectivity index (χ1) is 4.81. The van der Waals surface area contributed by atoms with Gasteiger partial charge in [-0.2, -0.15) is 0 Å². The fourth-order valence-corrected chi connectivity index (χ4v) is 0.431. The van der Waals surface area contributed by atoms with E-state index >= 15 is 0 Å². The molecule has 1 rings (SSSR count). The summed E-state index contributed by atoms with van der Waals surface area (Å²) in [6, 6.07) is 0. The number of hydrogen-bond donors (Lipinski definition) is 1. The standard InChI is InChI=1S/C6H7N.2BrH.Ni/c1-6-4-2-3-5-7-6;;;/h2-5,7H,1H2;2*1H;/q;;;+2/p-2. The molecule has 0 amide bonds. The molecule has 60 valence electrons. The third kappa shape index (κ3) is 6.59. The summed E-state index contributed by atoms with van der Waals surface area (Å²) in [6.45, 7) is 3.66. The van der Waals surface area contributed by atoms with Gasteiger partial charge in [-0.1, -0.05) is 12.7 Å². The van der Waals surface area contributed by atoms with Crippen molar-refractivity contribution in [2.24, 2.45) is 0 Å². The molecule has 1 nitrogen and oxygen atoms in total. The number of dihydropyridines is 1. The second-order valence-electron chi connectivity index (χ2n) is 1.43. The molecule has 1 aliphatic heterocycles. The first-order valence-corrected chi connectivity index (χ1v) is 7.30. The maximum atomic E-state index is 3.66. The van der Waals surface area contributed by atoms with Crippen molar-refractivity contribution in [3.05, 3.63) is 36.7 Å². The van der Waals surface area contributed by atoms with E-state index in [9.17, 15) is 0 Å². The predicted octanol–water partition coefficient (Wildman–Crippen LogP) is 2.86. The van der Waals surface area contributed by atoms with Gasteiger partial charge in [0.25, 0.3) is 0 Å². The summed E-state index contributed by atoms with van der Waals surface area (Å²) < 4.78 is 0. The van der Waals surface area contributed by atoms with Crippen LogP contribution in [-0.2, 0) is 10.9 Å². The second kappa shape index (κ2) is 7.58. The maximum absolute atomic E-state index is 3.66. The number of nitrogens with one attached hydrogen (secondary N) is 1. The summed E-state index contributed by atoms with van der Waals surface area (Å²) >= 11 is 6.00. The van der Waals surface area contributed by atoms with Crippen LogP contribution in [0.15, 0.2) is 36.7 Å². The number of halogens is 2. The Bertz CT molecular complexity index is 154. The molecular formula is C6H7Br2NNi. The van der Waals surface area contributed by atoms with Gasteiger partial charge in [-0.15, -0.1) is 0 Å². The van der Waals surface area contributed by atoms with E-state index < -0.39 is 0 Å². The van der Waals surface area contributed by atoms with Crippen molar-refractivity contribution < 1.29 is 10.9 Å². The van der Waals surface area contributed by atoms with E-state index in [0.29, 0.717) is 0 Å². The van der Waals surface area contributed by atoms with Crippen LogP contribution in [-0.4, -0.2) is 0 Å². The molecule has 10 heavy (non-hydrogen) atoms. The second-order valence-corrected chi connectivity index (χ2v) is 6.42. The van der Waals surface area contributed by atoms with Crippen LogP contribution in [0, 0.1) is 0 Å². The average Bonchev–Trinajstić information content (AvgIpc) is 1.91. The van der Waals surface area contributed by atoms with E-state index in [4.69, 9.17) is 0 Å². The Hall–Kier alpha value is 0.474. The molecular weight excluding hydrogens is 305 g/mol. The van der Waals surface area contributed by atoms with E-state index in [2.05, 4.69) is 40.3 Å². The van der Waals surface area contributed by atoms with Crippen molar-refractivity contribution >= 4 is 28.5 Å². The van der Waals surface area contributed by atoms with E-state index in [1.165, 1.54) is 10.9 Å². The first-order valence-electron chi connectivity index (χ1n) is 2.42. The Morgan fingerprint density at radius 3 is 2.20 bits per heavy atom. The molecule has 0 aliphatic carbocycles. The van der Waals surface area contributed by atoms with Gasteiger partial charge in [-0.25, -0.2) is 0 Å². The van der Waals surface area contributed by atoms with Crippen molar-refractivity contribution in [1.82, 2.24) is 5.32 Å². The van der Waals surface area contributed by atoms with Gasteiger partial charge in [0.1, 0.15) is 0 Å². The Balaban J connectivity index is 0.000000236. The molecule has 0 spiro atoms. The van der Waals surface area contributed by atoms with Crippen LogP contribution in [0.5, 0.6) is 0 Å². The fraction of sp³-hybridized carbons (Fsp3) is 0. The van der Waals surface area contributed by atoms with Gasteiger partial charge in [0.15, 0.2) is 0 Å². The van der Waals surface area contributed by atoms with Gasteiger partial charge in [0.05, 0.1) is 0 Å². The minimum absolute atomic E-state index is 0.947. The van der Waals surface area contributed by atoms with Crippen LogP contribution in [0.3, 0.4) is 0 Å². The van der Waals surface area contributed by atoms with Crippen LogP contribution in [0.2, 0.25) is 0 Å². The third-order valence-electron chi connectivity index (χ3n) is 0.773. The zero-order valence-corrected chi connectivity index (χ0v) is 9.25. The normalized spacial score (nSPS) is 14.0. The third-order valence-corrected chi connectivity index (χ3v) is 0.773. The number of rotatable bonds is 0. The van der Waals surface area contributed by atoms with E-state index in [-0.39, 0.29) is 0 Å². The number of hydrogen-bond acceptors (Lipinski definition) is 1. The molecule has 4 heteroatoms. The van der Waals surface area contributed by atoms with Gasteiger partial charge in [0, 0.05) is 11.9 Å². The summed E-state index contributed by atoms with van der Waals surface area (Å²) in [7, 11) is 1.25. The van der Waals surface area contributed by atoms with Crippen LogP contribution in [0.4, 0.5) is 0 Å². The number of allylic oxidation sites excluding steroid dienone is 3. The molecule has 0 radical (unpaired) electrons. The Morgan fingerprint density at radius 2 is 2.00 bits per heavy atom. The quantitative estimate of drug-likeness (QED) is 0.678. The summed E-state index contributed by atoms with van der Waals surface area (Å²) in [6.07, 6.45) is 7.63. The Labute approximate surface area is 81.0 Å². The van der Waals surface area contributed by atoms with Crippen LogP contribution >= 0.6 is 28.5 Å². The summed E-state index contributed by atoms with van der Waals surface area (Å²) in [4.78, 5) is 0. The van der Waals surface area contributed by atoms with Gasteiger partial charge in [-0.05, 0) is 12.2 Å². The monoisotopic (exact) mass is 309 g/mol. The van der Waals surface area contributed by atoms with Crippen molar-refractivity contribution in [2.45, 2.75) is 0 Å².